The molecule has 84 valence electrons. The Hall–Kier alpha value is -0.640. The lowest BCUT2D eigenvalue weighted by atomic mass is 10.0. The van der Waals surface area contributed by atoms with Crippen molar-refractivity contribution >= 4 is 17.8 Å². The van der Waals surface area contributed by atoms with Crippen LogP contribution in [0.25, 0.3) is 0 Å². The molecule has 0 unspecified atom stereocenters. The van der Waals surface area contributed by atoms with E-state index in [-0.39, 0.29) is 11.6 Å². The van der Waals surface area contributed by atoms with Gasteiger partial charge in [-0.05, 0) is 31.6 Å². The van der Waals surface area contributed by atoms with Crippen LogP contribution in [0.2, 0.25) is 0 Å². The van der Waals surface area contributed by atoms with Crippen molar-refractivity contribution in [3.8, 4) is 0 Å². The van der Waals surface area contributed by atoms with Crippen LogP contribution in [0, 0.1) is 0 Å². The van der Waals surface area contributed by atoms with Crippen LogP contribution in [0.1, 0.15) is 39.0 Å². The Kier molecular flexibility index (Phi) is 3.24. The number of carbonyl (C=O) groups is 1. The first kappa shape index (κ1) is 10.9. The second-order valence-electron chi connectivity index (χ2n) is 4.61. The molecule has 3 nitrogen and oxygen atoms in total. The van der Waals surface area contributed by atoms with Gasteiger partial charge in [-0.3, -0.25) is 0 Å². The van der Waals surface area contributed by atoms with E-state index in [2.05, 4.69) is 17.6 Å². The van der Waals surface area contributed by atoms with Gasteiger partial charge in [-0.25, -0.2) is 4.79 Å². The minimum absolute atomic E-state index is 0.0242. The lowest BCUT2D eigenvalue weighted by molar-refractivity contribution is 0.230. The molecule has 1 saturated carbocycles. The van der Waals surface area contributed by atoms with E-state index in [0.29, 0.717) is 0 Å². The third kappa shape index (κ3) is 2.91. The maximum absolute atomic E-state index is 11.7. The van der Waals surface area contributed by atoms with Gasteiger partial charge < -0.3 is 10.6 Å². The van der Waals surface area contributed by atoms with Crippen molar-refractivity contribution in [2.75, 3.05) is 5.75 Å². The summed E-state index contributed by atoms with van der Waals surface area (Å²) < 4.78 is 0. The zero-order valence-corrected chi connectivity index (χ0v) is 9.95. The van der Waals surface area contributed by atoms with Crippen LogP contribution in [-0.4, -0.2) is 17.3 Å². The third-order valence-electron chi connectivity index (χ3n) is 3.11. The van der Waals surface area contributed by atoms with Crippen molar-refractivity contribution in [3.63, 3.8) is 0 Å². The fraction of sp³-hybridized carbons (Fsp3) is 0.727. The van der Waals surface area contributed by atoms with Gasteiger partial charge in [-0.2, -0.15) is 0 Å². The van der Waals surface area contributed by atoms with E-state index in [0.717, 1.165) is 30.7 Å². The number of urea groups is 1. The molecule has 0 bridgehead atoms. The third-order valence-corrected chi connectivity index (χ3v) is 4.00. The van der Waals surface area contributed by atoms with Gasteiger partial charge in [0.05, 0.1) is 0 Å². The van der Waals surface area contributed by atoms with Crippen LogP contribution in [0.4, 0.5) is 4.79 Å². The summed E-state index contributed by atoms with van der Waals surface area (Å²) in [5, 5.41) is 8.04. The molecular weight excluding hydrogens is 208 g/mol. The maximum atomic E-state index is 11.7. The molecule has 2 aliphatic rings. The molecule has 0 spiro atoms. The van der Waals surface area contributed by atoms with Gasteiger partial charge in [-0.1, -0.05) is 12.8 Å². The predicted octanol–water partition coefficient (Wildman–Crippen LogP) is 2.60. The van der Waals surface area contributed by atoms with Gasteiger partial charge in [0.1, 0.15) is 0 Å². The first-order valence-electron chi connectivity index (χ1n) is 5.58. The predicted molar refractivity (Wildman–Crippen MR) is 63.7 cm³/mol. The zero-order valence-electron chi connectivity index (χ0n) is 9.14. The Bertz CT molecular complexity index is 282. The van der Waals surface area contributed by atoms with Crippen LogP contribution >= 0.6 is 11.8 Å². The Morgan fingerprint density at radius 3 is 2.80 bits per heavy atom. The molecule has 1 heterocycles. The van der Waals surface area contributed by atoms with Gasteiger partial charge in [0.2, 0.25) is 0 Å². The number of allylic oxidation sites excluding steroid dienone is 1. The highest BCUT2D eigenvalue weighted by Gasteiger charge is 2.30. The molecular formula is C11H18N2OS. The fourth-order valence-corrected chi connectivity index (χ4v) is 3.04. The first-order valence-corrected chi connectivity index (χ1v) is 6.63. The summed E-state index contributed by atoms with van der Waals surface area (Å²) in [7, 11) is 0. The van der Waals surface area contributed by atoms with E-state index in [1.807, 2.05) is 5.41 Å². The Balaban J connectivity index is 1.81. The molecule has 0 radical (unpaired) electrons. The van der Waals surface area contributed by atoms with Crippen LogP contribution in [-0.2, 0) is 0 Å². The number of thioether (sulfide) groups is 1. The molecule has 2 rings (SSSR count). The second kappa shape index (κ2) is 4.47. The average Bonchev–Trinajstić information content (AvgIpc) is 2.76. The summed E-state index contributed by atoms with van der Waals surface area (Å²) in [6.07, 6.45) is 5.65. The molecule has 15 heavy (non-hydrogen) atoms. The SMILES string of the molecule is CC1(NC(=O)NC2=CSCC2)CCCC1. The van der Waals surface area contributed by atoms with Crippen molar-refractivity contribution in [1.82, 2.24) is 10.6 Å². The number of rotatable bonds is 2. The van der Waals surface area contributed by atoms with Crippen molar-refractivity contribution in [2.45, 2.75) is 44.6 Å². The highest BCUT2D eigenvalue weighted by Crippen LogP contribution is 2.28. The van der Waals surface area contributed by atoms with Gasteiger partial charge in [0.25, 0.3) is 0 Å². The normalized spacial score (nSPS) is 23.7. The monoisotopic (exact) mass is 226 g/mol. The summed E-state index contributed by atoms with van der Waals surface area (Å²) >= 11 is 1.76. The van der Waals surface area contributed by atoms with Crippen molar-refractivity contribution in [1.29, 1.82) is 0 Å². The first-order chi connectivity index (χ1) is 7.18. The summed E-state index contributed by atoms with van der Waals surface area (Å²) in [6, 6.07) is -0.0341. The minimum atomic E-state index is -0.0341. The lowest BCUT2D eigenvalue weighted by Gasteiger charge is -2.25. The largest absolute Gasteiger partial charge is 0.333 e. The van der Waals surface area contributed by atoms with Crippen molar-refractivity contribution < 1.29 is 4.79 Å². The van der Waals surface area contributed by atoms with Crippen LogP contribution in [0.5, 0.6) is 0 Å². The number of hydrogen-bond donors (Lipinski definition) is 2. The van der Waals surface area contributed by atoms with Crippen molar-refractivity contribution in [2.24, 2.45) is 0 Å². The van der Waals surface area contributed by atoms with Gasteiger partial charge in [0, 0.05) is 17.0 Å². The molecule has 0 aromatic carbocycles. The molecule has 2 N–H and O–H groups in total. The van der Waals surface area contributed by atoms with Gasteiger partial charge in [-0.15, -0.1) is 11.8 Å². The molecule has 1 fully saturated rings. The Morgan fingerprint density at radius 1 is 1.47 bits per heavy atom. The summed E-state index contributed by atoms with van der Waals surface area (Å²) in [4.78, 5) is 11.7. The highest BCUT2D eigenvalue weighted by atomic mass is 32.2. The zero-order chi connectivity index (χ0) is 10.7. The lowest BCUT2D eigenvalue weighted by Crippen LogP contribution is -2.48. The van der Waals surface area contributed by atoms with E-state index in [1.165, 1.54) is 12.8 Å². The number of carbonyl (C=O) groups excluding carboxylic acids is 1. The van der Waals surface area contributed by atoms with E-state index in [9.17, 15) is 4.79 Å². The standard InChI is InChI=1S/C11H18N2OS/c1-11(5-2-3-6-11)13-10(14)12-9-4-7-15-8-9/h8H,2-7H2,1H3,(H2,12,13,14). The average molecular weight is 226 g/mol. The molecule has 0 atom stereocenters. The van der Waals surface area contributed by atoms with Crippen LogP contribution < -0.4 is 10.6 Å². The maximum Gasteiger partial charge on any atom is 0.319 e. The summed E-state index contributed by atoms with van der Waals surface area (Å²) in [6.45, 7) is 2.14. The number of nitrogens with one attached hydrogen (secondary N) is 2. The second-order valence-corrected chi connectivity index (χ2v) is 5.59. The molecule has 1 aliphatic heterocycles. The quantitative estimate of drug-likeness (QED) is 0.760. The molecule has 0 aromatic rings. The highest BCUT2D eigenvalue weighted by molar-refractivity contribution is 8.02. The van der Waals surface area contributed by atoms with E-state index < -0.39 is 0 Å². The smallest absolute Gasteiger partial charge is 0.319 e. The molecule has 1 aliphatic carbocycles. The Morgan fingerprint density at radius 2 is 2.20 bits per heavy atom. The number of hydrogen-bond acceptors (Lipinski definition) is 2. The molecule has 4 heteroatoms. The van der Waals surface area contributed by atoms with E-state index >= 15 is 0 Å². The summed E-state index contributed by atoms with van der Waals surface area (Å²) in [5.41, 5.74) is 1.08. The van der Waals surface area contributed by atoms with Crippen LogP contribution in [0.15, 0.2) is 11.1 Å². The summed E-state index contributed by atoms with van der Waals surface area (Å²) in [5.74, 6) is 1.09. The number of amides is 2. The molecule has 0 aromatic heterocycles. The van der Waals surface area contributed by atoms with Crippen molar-refractivity contribution in [3.05, 3.63) is 11.1 Å². The molecule has 0 saturated heterocycles. The molecule has 2 amide bonds. The van der Waals surface area contributed by atoms with Gasteiger partial charge in [0.15, 0.2) is 0 Å². The Labute approximate surface area is 95.1 Å². The fourth-order valence-electron chi connectivity index (χ4n) is 2.21. The van der Waals surface area contributed by atoms with Crippen LogP contribution in [0.3, 0.4) is 0 Å². The van der Waals surface area contributed by atoms with E-state index in [4.69, 9.17) is 0 Å². The minimum Gasteiger partial charge on any atom is -0.333 e. The topological polar surface area (TPSA) is 41.1 Å². The van der Waals surface area contributed by atoms with E-state index in [1.54, 1.807) is 11.8 Å². The van der Waals surface area contributed by atoms with Gasteiger partial charge >= 0.3 is 6.03 Å².